The molecule has 2 aromatic rings. The van der Waals surface area contributed by atoms with Gasteiger partial charge in [0.25, 0.3) is 10.0 Å². The number of thioether (sulfide) groups is 1. The van der Waals surface area contributed by atoms with Gasteiger partial charge in [-0.05, 0) is 42.8 Å². The fraction of sp³-hybridized carbons (Fsp3) is 0.235. The molecule has 1 heterocycles. The SMILES string of the molecule is CC(=O)N1CCSc2cc(S(=O)(=O)Nc3cccc(Cl)c3C)ccc21. The molecule has 132 valence electrons. The number of rotatable bonds is 3. The topological polar surface area (TPSA) is 66.5 Å². The first-order valence-corrected chi connectivity index (χ1v) is 10.5. The van der Waals surface area contributed by atoms with E-state index in [1.54, 1.807) is 53.9 Å². The Morgan fingerprint density at radius 1 is 1.28 bits per heavy atom. The molecule has 25 heavy (non-hydrogen) atoms. The molecule has 0 unspecified atom stereocenters. The Bertz CT molecular complexity index is 945. The summed E-state index contributed by atoms with van der Waals surface area (Å²) in [4.78, 5) is 14.3. The summed E-state index contributed by atoms with van der Waals surface area (Å²) < 4.78 is 28.0. The zero-order valence-corrected chi connectivity index (χ0v) is 16.1. The number of amides is 1. The van der Waals surface area contributed by atoms with Gasteiger partial charge in [0, 0.05) is 29.1 Å². The van der Waals surface area contributed by atoms with Crippen LogP contribution in [-0.2, 0) is 14.8 Å². The Hall–Kier alpha value is -1.70. The van der Waals surface area contributed by atoms with Gasteiger partial charge in [-0.25, -0.2) is 8.42 Å². The minimum atomic E-state index is -3.75. The Kier molecular flexibility index (Phi) is 4.99. The van der Waals surface area contributed by atoms with Crippen LogP contribution in [0.4, 0.5) is 11.4 Å². The molecule has 1 N–H and O–H groups in total. The van der Waals surface area contributed by atoms with Gasteiger partial charge in [-0.2, -0.15) is 0 Å². The normalized spacial score (nSPS) is 14.1. The van der Waals surface area contributed by atoms with Crippen LogP contribution in [0.2, 0.25) is 5.02 Å². The standard InChI is InChI=1S/C17H17ClN2O3S2/c1-11-14(18)4-3-5-15(11)19-25(22,23)13-6-7-16-17(10-13)24-9-8-20(16)12(2)21/h3-7,10,19H,8-9H2,1-2H3. The molecule has 0 aliphatic carbocycles. The van der Waals surface area contributed by atoms with Gasteiger partial charge in [-0.15, -0.1) is 11.8 Å². The van der Waals surface area contributed by atoms with Crippen molar-refractivity contribution < 1.29 is 13.2 Å². The van der Waals surface area contributed by atoms with Gasteiger partial charge in [-0.1, -0.05) is 17.7 Å². The number of hydrogen-bond donors (Lipinski definition) is 1. The first-order valence-electron chi connectivity index (χ1n) is 7.62. The van der Waals surface area contributed by atoms with E-state index < -0.39 is 10.0 Å². The molecule has 0 fully saturated rings. The lowest BCUT2D eigenvalue weighted by atomic mass is 10.2. The lowest BCUT2D eigenvalue weighted by Gasteiger charge is -2.28. The van der Waals surface area contributed by atoms with Gasteiger partial charge >= 0.3 is 0 Å². The van der Waals surface area contributed by atoms with Crippen LogP contribution < -0.4 is 9.62 Å². The van der Waals surface area contributed by atoms with Crippen molar-refractivity contribution in [1.29, 1.82) is 0 Å². The number of carbonyl (C=O) groups is 1. The van der Waals surface area contributed by atoms with E-state index >= 15 is 0 Å². The van der Waals surface area contributed by atoms with E-state index in [9.17, 15) is 13.2 Å². The van der Waals surface area contributed by atoms with E-state index in [2.05, 4.69) is 4.72 Å². The van der Waals surface area contributed by atoms with Crippen LogP contribution >= 0.6 is 23.4 Å². The van der Waals surface area contributed by atoms with E-state index in [0.29, 0.717) is 22.8 Å². The molecule has 3 rings (SSSR count). The Balaban J connectivity index is 1.96. The number of sulfonamides is 1. The first-order chi connectivity index (χ1) is 11.8. The zero-order valence-electron chi connectivity index (χ0n) is 13.7. The van der Waals surface area contributed by atoms with Crippen LogP contribution in [0.5, 0.6) is 0 Å². The van der Waals surface area contributed by atoms with E-state index in [1.165, 1.54) is 13.0 Å². The van der Waals surface area contributed by atoms with E-state index in [-0.39, 0.29) is 10.8 Å². The Morgan fingerprint density at radius 3 is 2.76 bits per heavy atom. The second-order valence-electron chi connectivity index (χ2n) is 5.67. The molecule has 2 aromatic carbocycles. The average Bonchev–Trinajstić information content (AvgIpc) is 2.57. The molecule has 0 saturated carbocycles. The van der Waals surface area contributed by atoms with Crippen molar-refractivity contribution in [3.8, 4) is 0 Å². The molecular formula is C17H17ClN2O3S2. The molecule has 0 saturated heterocycles. The average molecular weight is 397 g/mol. The van der Waals surface area contributed by atoms with Crippen LogP contribution in [0.15, 0.2) is 46.2 Å². The first kappa shape index (κ1) is 18.1. The zero-order chi connectivity index (χ0) is 18.2. The lowest BCUT2D eigenvalue weighted by Crippen LogP contribution is -2.33. The van der Waals surface area contributed by atoms with Crippen molar-refractivity contribution in [1.82, 2.24) is 0 Å². The molecule has 0 aromatic heterocycles. The van der Waals surface area contributed by atoms with Crippen molar-refractivity contribution in [2.24, 2.45) is 0 Å². The summed E-state index contributed by atoms with van der Waals surface area (Å²) >= 11 is 7.60. The molecule has 8 heteroatoms. The minimum absolute atomic E-state index is 0.0511. The summed E-state index contributed by atoms with van der Waals surface area (Å²) in [5.74, 6) is 0.682. The highest BCUT2D eigenvalue weighted by Gasteiger charge is 2.24. The molecular weight excluding hydrogens is 380 g/mol. The predicted octanol–water partition coefficient (Wildman–Crippen LogP) is 3.91. The van der Waals surface area contributed by atoms with Gasteiger partial charge in [0.15, 0.2) is 0 Å². The van der Waals surface area contributed by atoms with E-state index in [0.717, 1.165) is 16.3 Å². The van der Waals surface area contributed by atoms with Crippen molar-refractivity contribution in [2.75, 3.05) is 21.9 Å². The van der Waals surface area contributed by atoms with Crippen LogP contribution in [0, 0.1) is 6.92 Å². The largest absolute Gasteiger partial charge is 0.311 e. The van der Waals surface area contributed by atoms with Crippen molar-refractivity contribution >= 4 is 50.7 Å². The van der Waals surface area contributed by atoms with Gasteiger partial charge in [0.2, 0.25) is 5.91 Å². The Morgan fingerprint density at radius 2 is 2.04 bits per heavy atom. The monoisotopic (exact) mass is 396 g/mol. The molecule has 0 atom stereocenters. The number of nitrogens with one attached hydrogen (secondary N) is 1. The van der Waals surface area contributed by atoms with Crippen LogP contribution in [0.25, 0.3) is 0 Å². The maximum Gasteiger partial charge on any atom is 0.261 e. The van der Waals surface area contributed by atoms with Crippen LogP contribution in [-0.4, -0.2) is 26.6 Å². The van der Waals surface area contributed by atoms with Gasteiger partial charge < -0.3 is 4.90 Å². The maximum atomic E-state index is 12.7. The number of anilines is 2. The second-order valence-corrected chi connectivity index (χ2v) is 8.89. The second kappa shape index (κ2) is 6.90. The summed E-state index contributed by atoms with van der Waals surface area (Å²) in [6.07, 6.45) is 0. The molecule has 1 aliphatic rings. The molecule has 0 radical (unpaired) electrons. The smallest absolute Gasteiger partial charge is 0.261 e. The van der Waals surface area contributed by atoms with Gasteiger partial charge in [0.1, 0.15) is 0 Å². The number of nitrogens with zero attached hydrogens (tertiary/aromatic N) is 1. The fourth-order valence-electron chi connectivity index (χ4n) is 2.62. The summed E-state index contributed by atoms with van der Waals surface area (Å²) in [6.45, 7) is 3.89. The van der Waals surface area contributed by atoms with E-state index in [1.807, 2.05) is 0 Å². The van der Waals surface area contributed by atoms with Gasteiger partial charge in [-0.3, -0.25) is 9.52 Å². The van der Waals surface area contributed by atoms with Crippen molar-refractivity contribution in [3.05, 3.63) is 47.0 Å². The lowest BCUT2D eigenvalue weighted by molar-refractivity contribution is -0.116. The predicted molar refractivity (Wildman–Crippen MR) is 102 cm³/mol. The number of hydrogen-bond acceptors (Lipinski definition) is 4. The third kappa shape index (κ3) is 3.63. The molecule has 5 nitrogen and oxygen atoms in total. The quantitative estimate of drug-likeness (QED) is 0.854. The van der Waals surface area contributed by atoms with Crippen LogP contribution in [0.3, 0.4) is 0 Å². The van der Waals surface area contributed by atoms with Crippen LogP contribution in [0.1, 0.15) is 12.5 Å². The van der Waals surface area contributed by atoms with Crippen molar-refractivity contribution in [2.45, 2.75) is 23.6 Å². The summed E-state index contributed by atoms with van der Waals surface area (Å²) in [5.41, 5.74) is 1.87. The molecule has 1 amide bonds. The minimum Gasteiger partial charge on any atom is -0.311 e. The van der Waals surface area contributed by atoms with E-state index in [4.69, 9.17) is 11.6 Å². The summed E-state index contributed by atoms with van der Waals surface area (Å²) in [5, 5.41) is 0.498. The Labute approximate surface area is 156 Å². The van der Waals surface area contributed by atoms with Crippen molar-refractivity contribution in [3.63, 3.8) is 0 Å². The molecule has 0 bridgehead atoms. The maximum absolute atomic E-state index is 12.7. The number of fused-ring (bicyclic) bond motifs is 1. The highest BCUT2D eigenvalue weighted by Crippen LogP contribution is 2.37. The molecule has 1 aliphatic heterocycles. The molecule has 0 spiro atoms. The third-order valence-electron chi connectivity index (χ3n) is 4.00. The fourth-order valence-corrected chi connectivity index (χ4v) is 5.04. The summed E-state index contributed by atoms with van der Waals surface area (Å²) in [6, 6.07) is 9.88. The highest BCUT2D eigenvalue weighted by atomic mass is 35.5. The summed E-state index contributed by atoms with van der Waals surface area (Å²) in [7, 11) is -3.75. The highest BCUT2D eigenvalue weighted by molar-refractivity contribution is 7.99. The van der Waals surface area contributed by atoms with Gasteiger partial charge in [0.05, 0.1) is 16.3 Å². The third-order valence-corrected chi connectivity index (χ3v) is 6.79. The number of benzene rings is 2. The number of carbonyl (C=O) groups excluding carboxylic acids is 1. The number of halogens is 1.